The SMILES string of the molecule is O=Cc1cccc(S(=O)(=O)NCCC(F)(F)F)n1. The van der Waals surface area contributed by atoms with Gasteiger partial charge in [-0.05, 0) is 12.1 Å². The summed E-state index contributed by atoms with van der Waals surface area (Å²) in [5, 5.41) is -0.491. The van der Waals surface area contributed by atoms with Gasteiger partial charge in [0.25, 0.3) is 10.0 Å². The lowest BCUT2D eigenvalue weighted by Crippen LogP contribution is -2.28. The first-order valence-corrected chi connectivity index (χ1v) is 6.21. The van der Waals surface area contributed by atoms with E-state index in [0.29, 0.717) is 6.29 Å². The Morgan fingerprint density at radius 1 is 1.33 bits per heavy atom. The lowest BCUT2D eigenvalue weighted by molar-refractivity contribution is -0.132. The summed E-state index contributed by atoms with van der Waals surface area (Å²) in [6.07, 6.45) is -5.38. The van der Waals surface area contributed by atoms with E-state index < -0.39 is 34.2 Å². The van der Waals surface area contributed by atoms with Crippen molar-refractivity contribution < 1.29 is 26.4 Å². The highest BCUT2D eigenvalue weighted by atomic mass is 32.2. The molecule has 0 aromatic carbocycles. The van der Waals surface area contributed by atoms with Gasteiger partial charge in [0.2, 0.25) is 0 Å². The fourth-order valence-electron chi connectivity index (χ4n) is 1.05. The van der Waals surface area contributed by atoms with Crippen LogP contribution in [0.25, 0.3) is 0 Å². The zero-order valence-electron chi connectivity index (χ0n) is 8.94. The highest BCUT2D eigenvalue weighted by Crippen LogP contribution is 2.18. The van der Waals surface area contributed by atoms with Crippen molar-refractivity contribution in [2.24, 2.45) is 0 Å². The zero-order chi connectivity index (χ0) is 13.8. The molecule has 0 spiro atoms. The van der Waals surface area contributed by atoms with Crippen LogP contribution in [0.15, 0.2) is 23.2 Å². The Morgan fingerprint density at radius 2 is 2.00 bits per heavy atom. The van der Waals surface area contributed by atoms with Crippen LogP contribution in [0.4, 0.5) is 13.2 Å². The molecule has 9 heteroatoms. The van der Waals surface area contributed by atoms with Crippen molar-refractivity contribution in [3.63, 3.8) is 0 Å². The number of rotatable bonds is 5. The molecule has 0 bridgehead atoms. The Labute approximate surface area is 101 Å². The highest BCUT2D eigenvalue weighted by molar-refractivity contribution is 7.89. The normalized spacial score (nSPS) is 12.4. The first-order chi connectivity index (χ1) is 8.24. The van der Waals surface area contributed by atoms with Crippen molar-refractivity contribution in [3.05, 3.63) is 23.9 Å². The molecule has 0 amide bonds. The van der Waals surface area contributed by atoms with E-state index in [1.165, 1.54) is 12.1 Å². The van der Waals surface area contributed by atoms with Crippen LogP contribution in [0.5, 0.6) is 0 Å². The molecule has 18 heavy (non-hydrogen) atoms. The number of halogens is 3. The molecule has 0 saturated carbocycles. The number of nitrogens with one attached hydrogen (secondary N) is 1. The number of hydrogen-bond donors (Lipinski definition) is 1. The van der Waals surface area contributed by atoms with Crippen LogP contribution in [-0.2, 0) is 10.0 Å². The monoisotopic (exact) mass is 282 g/mol. The van der Waals surface area contributed by atoms with Crippen molar-refractivity contribution in [2.75, 3.05) is 6.54 Å². The van der Waals surface area contributed by atoms with Gasteiger partial charge in [-0.15, -0.1) is 0 Å². The summed E-state index contributed by atoms with van der Waals surface area (Å²) in [4.78, 5) is 13.9. The van der Waals surface area contributed by atoms with Crippen LogP contribution >= 0.6 is 0 Å². The van der Waals surface area contributed by atoms with Gasteiger partial charge in [0, 0.05) is 6.54 Å². The lowest BCUT2D eigenvalue weighted by Gasteiger charge is -2.08. The summed E-state index contributed by atoms with van der Waals surface area (Å²) in [6.45, 7) is -0.779. The highest BCUT2D eigenvalue weighted by Gasteiger charge is 2.27. The number of carbonyl (C=O) groups excluding carboxylic acids is 1. The molecule has 0 fully saturated rings. The summed E-state index contributed by atoms with van der Waals surface area (Å²) >= 11 is 0. The van der Waals surface area contributed by atoms with E-state index in [1.54, 1.807) is 4.72 Å². The quantitative estimate of drug-likeness (QED) is 0.821. The molecule has 1 aromatic heterocycles. The summed E-state index contributed by atoms with van der Waals surface area (Å²) in [5.74, 6) is 0. The van der Waals surface area contributed by atoms with E-state index in [1.807, 2.05) is 0 Å². The van der Waals surface area contributed by atoms with Gasteiger partial charge in [0.05, 0.1) is 6.42 Å². The number of alkyl halides is 3. The standard InChI is InChI=1S/C9H9F3N2O3S/c10-9(11,12)4-5-13-18(16,17)8-3-1-2-7(6-15)14-8/h1-3,6,13H,4-5H2. The second-order valence-corrected chi connectivity index (χ2v) is 5.00. The maximum atomic E-state index is 11.9. The topological polar surface area (TPSA) is 76.1 Å². The molecule has 0 aliphatic heterocycles. The molecular weight excluding hydrogens is 273 g/mol. The molecule has 0 radical (unpaired) electrons. The Kier molecular flexibility index (Phi) is 4.41. The van der Waals surface area contributed by atoms with Crippen LogP contribution < -0.4 is 4.72 Å². The number of pyridine rings is 1. The van der Waals surface area contributed by atoms with Crippen LogP contribution in [0.2, 0.25) is 0 Å². The minimum absolute atomic E-state index is 0.117. The van der Waals surface area contributed by atoms with E-state index in [4.69, 9.17) is 0 Å². The third-order valence-electron chi connectivity index (χ3n) is 1.84. The van der Waals surface area contributed by atoms with E-state index in [-0.39, 0.29) is 5.69 Å². The second kappa shape index (κ2) is 5.44. The summed E-state index contributed by atoms with van der Waals surface area (Å²) < 4.78 is 60.4. The van der Waals surface area contributed by atoms with Gasteiger partial charge >= 0.3 is 6.18 Å². The number of sulfonamides is 1. The number of aldehydes is 1. The van der Waals surface area contributed by atoms with Gasteiger partial charge in [0.15, 0.2) is 11.3 Å². The smallest absolute Gasteiger partial charge is 0.296 e. The Bertz CT molecular complexity index is 528. The lowest BCUT2D eigenvalue weighted by atomic mass is 10.4. The maximum Gasteiger partial charge on any atom is 0.390 e. The fourth-order valence-corrected chi connectivity index (χ4v) is 2.05. The summed E-state index contributed by atoms with van der Waals surface area (Å²) in [6, 6.07) is 3.64. The van der Waals surface area contributed by atoms with Gasteiger partial charge in [0.1, 0.15) is 5.69 Å². The van der Waals surface area contributed by atoms with Crippen LogP contribution in [0.3, 0.4) is 0 Å². The molecule has 5 nitrogen and oxygen atoms in total. The van der Waals surface area contributed by atoms with Gasteiger partial charge in [-0.1, -0.05) is 6.07 Å². The van der Waals surface area contributed by atoms with Gasteiger partial charge in [-0.2, -0.15) is 13.2 Å². The molecule has 1 heterocycles. The van der Waals surface area contributed by atoms with Crippen molar-refractivity contribution in [1.82, 2.24) is 9.71 Å². The van der Waals surface area contributed by atoms with E-state index in [2.05, 4.69) is 4.98 Å². The Balaban J connectivity index is 2.77. The minimum atomic E-state index is -4.44. The molecule has 0 atom stereocenters. The molecule has 1 rings (SSSR count). The third-order valence-corrected chi connectivity index (χ3v) is 3.20. The van der Waals surface area contributed by atoms with Crippen molar-refractivity contribution in [2.45, 2.75) is 17.6 Å². The van der Waals surface area contributed by atoms with E-state index in [9.17, 15) is 26.4 Å². The van der Waals surface area contributed by atoms with E-state index in [0.717, 1.165) is 6.07 Å². The van der Waals surface area contributed by atoms with Gasteiger partial charge in [-0.3, -0.25) is 4.79 Å². The fraction of sp³-hybridized carbons (Fsp3) is 0.333. The third kappa shape index (κ3) is 4.41. The molecular formula is C9H9F3N2O3S. The maximum absolute atomic E-state index is 11.9. The molecule has 100 valence electrons. The molecule has 0 aliphatic carbocycles. The van der Waals surface area contributed by atoms with E-state index >= 15 is 0 Å². The first kappa shape index (κ1) is 14.6. The number of hydrogen-bond acceptors (Lipinski definition) is 4. The predicted molar refractivity (Wildman–Crippen MR) is 55.5 cm³/mol. The predicted octanol–water partition coefficient (Wildman–Crippen LogP) is 1.12. The summed E-state index contributed by atoms with van der Waals surface area (Å²) in [5.41, 5.74) is -0.117. The van der Waals surface area contributed by atoms with Crippen molar-refractivity contribution in [3.8, 4) is 0 Å². The number of aromatic nitrogens is 1. The van der Waals surface area contributed by atoms with Crippen molar-refractivity contribution in [1.29, 1.82) is 0 Å². The second-order valence-electron chi connectivity index (χ2n) is 3.28. The molecule has 0 aliphatic rings. The molecule has 0 saturated heterocycles. The number of carbonyl (C=O) groups is 1. The Morgan fingerprint density at radius 3 is 2.56 bits per heavy atom. The largest absolute Gasteiger partial charge is 0.390 e. The van der Waals surface area contributed by atoms with Crippen LogP contribution in [0.1, 0.15) is 16.9 Å². The van der Waals surface area contributed by atoms with Crippen molar-refractivity contribution >= 4 is 16.3 Å². The molecule has 1 N–H and O–H groups in total. The summed E-state index contributed by atoms with van der Waals surface area (Å²) in [7, 11) is -4.14. The average molecular weight is 282 g/mol. The van der Waals surface area contributed by atoms with Crippen LogP contribution in [-0.4, -0.2) is 32.4 Å². The minimum Gasteiger partial charge on any atom is -0.296 e. The van der Waals surface area contributed by atoms with Gasteiger partial charge in [-0.25, -0.2) is 18.1 Å². The Hall–Kier alpha value is -1.48. The van der Waals surface area contributed by atoms with Crippen LogP contribution in [0, 0.1) is 0 Å². The zero-order valence-corrected chi connectivity index (χ0v) is 9.75. The van der Waals surface area contributed by atoms with Gasteiger partial charge < -0.3 is 0 Å². The number of nitrogens with zero attached hydrogens (tertiary/aromatic N) is 1. The molecule has 0 unspecified atom stereocenters. The molecule has 1 aromatic rings. The average Bonchev–Trinajstić information content (AvgIpc) is 2.27. The first-order valence-electron chi connectivity index (χ1n) is 4.73.